The maximum absolute atomic E-state index is 4.60. The number of aromatic nitrogens is 1. The number of halogens is 1. The van der Waals surface area contributed by atoms with Crippen molar-refractivity contribution < 1.29 is 0 Å². The molecule has 0 aliphatic carbocycles. The van der Waals surface area contributed by atoms with Crippen LogP contribution in [0, 0.1) is 0 Å². The largest absolute Gasteiger partial charge is 0.370 e. The molecule has 0 spiro atoms. The average Bonchev–Trinajstić information content (AvgIpc) is 2.64. The topological polar surface area (TPSA) is 52.6 Å². The Labute approximate surface area is 168 Å². The van der Waals surface area contributed by atoms with Crippen molar-refractivity contribution in [2.24, 2.45) is 4.99 Å². The molecule has 5 nitrogen and oxygen atoms in total. The van der Waals surface area contributed by atoms with Gasteiger partial charge >= 0.3 is 0 Å². The zero-order valence-electron chi connectivity index (χ0n) is 15.1. The summed E-state index contributed by atoms with van der Waals surface area (Å²) >= 11 is 0. The minimum Gasteiger partial charge on any atom is -0.370 e. The highest BCUT2D eigenvalue weighted by Gasteiger charge is 2.10. The zero-order valence-corrected chi connectivity index (χ0v) is 17.5. The Hall–Kier alpha value is -1.83. The van der Waals surface area contributed by atoms with Gasteiger partial charge in [-0.15, -0.1) is 24.0 Å². The summed E-state index contributed by atoms with van der Waals surface area (Å²) in [5, 5.41) is 6.69. The number of para-hydroxylation sites is 1. The van der Waals surface area contributed by atoms with Crippen molar-refractivity contribution in [2.75, 3.05) is 25.0 Å². The summed E-state index contributed by atoms with van der Waals surface area (Å²) in [6.45, 7) is 6.47. The molecule has 2 aromatic rings. The number of pyridine rings is 1. The number of nitrogens with one attached hydrogen (secondary N) is 2. The van der Waals surface area contributed by atoms with Crippen LogP contribution in [0.4, 0.5) is 5.69 Å². The SMILES string of the molecule is CCNC(=NCc1ccccn1)NCC(C)N(C)c1ccccc1.I. The Morgan fingerprint density at radius 2 is 1.84 bits per heavy atom. The lowest BCUT2D eigenvalue weighted by Crippen LogP contribution is -2.45. The molecule has 0 saturated heterocycles. The molecule has 0 amide bonds. The lowest BCUT2D eigenvalue weighted by atomic mass is 10.2. The quantitative estimate of drug-likeness (QED) is 0.384. The number of anilines is 1. The van der Waals surface area contributed by atoms with Crippen molar-refractivity contribution in [2.45, 2.75) is 26.4 Å². The fourth-order valence-electron chi connectivity index (χ4n) is 2.29. The van der Waals surface area contributed by atoms with E-state index in [2.05, 4.69) is 70.7 Å². The maximum Gasteiger partial charge on any atom is 0.191 e. The summed E-state index contributed by atoms with van der Waals surface area (Å²) in [5.41, 5.74) is 2.17. The third kappa shape index (κ3) is 7.29. The third-order valence-corrected chi connectivity index (χ3v) is 3.86. The minimum atomic E-state index is 0. The second kappa shape index (κ2) is 11.7. The highest BCUT2D eigenvalue weighted by atomic mass is 127. The molecule has 0 aliphatic rings. The monoisotopic (exact) mass is 453 g/mol. The highest BCUT2D eigenvalue weighted by molar-refractivity contribution is 14.0. The van der Waals surface area contributed by atoms with Gasteiger partial charge in [0, 0.05) is 38.1 Å². The van der Waals surface area contributed by atoms with Gasteiger partial charge in [0.05, 0.1) is 12.2 Å². The highest BCUT2D eigenvalue weighted by Crippen LogP contribution is 2.13. The van der Waals surface area contributed by atoms with Crippen molar-refractivity contribution in [3.05, 3.63) is 60.4 Å². The van der Waals surface area contributed by atoms with Crippen LogP contribution >= 0.6 is 24.0 Å². The Balaban J connectivity index is 0.00000312. The smallest absolute Gasteiger partial charge is 0.191 e. The first-order valence-electron chi connectivity index (χ1n) is 8.40. The van der Waals surface area contributed by atoms with Gasteiger partial charge in [-0.1, -0.05) is 24.3 Å². The maximum atomic E-state index is 4.60. The molecule has 0 bridgehead atoms. The lowest BCUT2D eigenvalue weighted by Gasteiger charge is -2.27. The standard InChI is InChI=1S/C19H27N5.HI/c1-4-20-19(23-15-17-10-8-9-13-21-17)22-14-16(2)24(3)18-11-6-5-7-12-18;/h5-13,16H,4,14-15H2,1-3H3,(H2,20,22,23);1H. The summed E-state index contributed by atoms with van der Waals surface area (Å²) in [4.78, 5) is 11.2. The van der Waals surface area contributed by atoms with Gasteiger partial charge in [0.25, 0.3) is 0 Å². The summed E-state index contributed by atoms with van der Waals surface area (Å²) in [7, 11) is 2.11. The molecule has 1 aromatic carbocycles. The normalized spacial score (nSPS) is 12.0. The number of likely N-dealkylation sites (N-methyl/N-ethyl adjacent to an activating group) is 1. The summed E-state index contributed by atoms with van der Waals surface area (Å²) < 4.78 is 0. The van der Waals surface area contributed by atoms with Crippen LogP contribution in [0.3, 0.4) is 0 Å². The molecule has 2 N–H and O–H groups in total. The van der Waals surface area contributed by atoms with E-state index < -0.39 is 0 Å². The van der Waals surface area contributed by atoms with Gasteiger partial charge in [-0.3, -0.25) is 4.98 Å². The van der Waals surface area contributed by atoms with Crippen LogP contribution in [0.1, 0.15) is 19.5 Å². The molecule has 0 fully saturated rings. The number of hydrogen-bond donors (Lipinski definition) is 2. The van der Waals surface area contributed by atoms with E-state index in [-0.39, 0.29) is 24.0 Å². The first kappa shape index (κ1) is 21.2. The molecule has 1 aromatic heterocycles. The van der Waals surface area contributed by atoms with Crippen LogP contribution in [0.5, 0.6) is 0 Å². The lowest BCUT2D eigenvalue weighted by molar-refractivity contribution is 0.648. The van der Waals surface area contributed by atoms with E-state index in [0.717, 1.165) is 24.7 Å². The van der Waals surface area contributed by atoms with Gasteiger partial charge in [-0.2, -0.15) is 0 Å². The predicted octanol–water partition coefficient (Wildman–Crippen LogP) is 3.28. The number of nitrogens with zero attached hydrogens (tertiary/aromatic N) is 3. The molecule has 1 heterocycles. The summed E-state index contributed by atoms with van der Waals surface area (Å²) in [5.74, 6) is 0.816. The molecule has 136 valence electrons. The van der Waals surface area contributed by atoms with Gasteiger partial charge in [0.15, 0.2) is 5.96 Å². The van der Waals surface area contributed by atoms with E-state index in [9.17, 15) is 0 Å². The molecule has 1 unspecified atom stereocenters. The van der Waals surface area contributed by atoms with Crippen LogP contribution in [-0.2, 0) is 6.54 Å². The Bertz CT molecular complexity index is 618. The third-order valence-electron chi connectivity index (χ3n) is 3.86. The number of guanidine groups is 1. The van der Waals surface area contributed by atoms with Crippen molar-refractivity contribution in [3.63, 3.8) is 0 Å². The molecule has 1 atom stereocenters. The van der Waals surface area contributed by atoms with Crippen molar-refractivity contribution >= 4 is 35.6 Å². The predicted molar refractivity (Wildman–Crippen MR) is 117 cm³/mol. The van der Waals surface area contributed by atoms with Crippen molar-refractivity contribution in [1.82, 2.24) is 15.6 Å². The Morgan fingerprint density at radius 3 is 2.48 bits per heavy atom. The average molecular weight is 453 g/mol. The molecule has 0 radical (unpaired) electrons. The molecule has 0 saturated carbocycles. The van der Waals surface area contributed by atoms with Gasteiger partial charge in [-0.05, 0) is 38.1 Å². The Morgan fingerprint density at radius 1 is 1.12 bits per heavy atom. The van der Waals surface area contributed by atoms with Crippen LogP contribution < -0.4 is 15.5 Å². The Kier molecular flexibility index (Phi) is 9.91. The number of aliphatic imine (C=N–C) groups is 1. The summed E-state index contributed by atoms with van der Waals surface area (Å²) in [6.07, 6.45) is 1.79. The second-order valence-corrected chi connectivity index (χ2v) is 5.69. The molecule has 25 heavy (non-hydrogen) atoms. The number of hydrogen-bond acceptors (Lipinski definition) is 3. The van der Waals surface area contributed by atoms with Crippen LogP contribution in [0.2, 0.25) is 0 Å². The molecule has 0 aliphatic heterocycles. The minimum absolute atomic E-state index is 0. The van der Waals surface area contributed by atoms with E-state index >= 15 is 0 Å². The molecular formula is C19H28IN5. The molecule has 2 rings (SSSR count). The van der Waals surface area contributed by atoms with Crippen LogP contribution in [0.15, 0.2) is 59.7 Å². The van der Waals surface area contributed by atoms with Crippen LogP contribution in [0.25, 0.3) is 0 Å². The van der Waals surface area contributed by atoms with Crippen molar-refractivity contribution in [1.29, 1.82) is 0 Å². The van der Waals surface area contributed by atoms with Crippen molar-refractivity contribution in [3.8, 4) is 0 Å². The first-order valence-corrected chi connectivity index (χ1v) is 8.40. The molecule has 6 heteroatoms. The van der Waals surface area contributed by atoms with E-state index in [1.807, 2.05) is 24.3 Å². The zero-order chi connectivity index (χ0) is 17.2. The van der Waals surface area contributed by atoms with E-state index in [0.29, 0.717) is 12.6 Å². The second-order valence-electron chi connectivity index (χ2n) is 5.69. The van der Waals surface area contributed by atoms with Crippen LogP contribution in [-0.4, -0.2) is 37.1 Å². The van der Waals surface area contributed by atoms with Gasteiger partial charge < -0.3 is 15.5 Å². The van der Waals surface area contributed by atoms with Gasteiger partial charge in [0.2, 0.25) is 0 Å². The number of rotatable bonds is 7. The number of benzene rings is 1. The van der Waals surface area contributed by atoms with Gasteiger partial charge in [-0.25, -0.2) is 4.99 Å². The van der Waals surface area contributed by atoms with E-state index in [4.69, 9.17) is 0 Å². The fourth-order valence-corrected chi connectivity index (χ4v) is 2.29. The fraction of sp³-hybridized carbons (Fsp3) is 0.368. The molecular weight excluding hydrogens is 425 g/mol. The summed E-state index contributed by atoms with van der Waals surface area (Å²) in [6, 6.07) is 16.6. The first-order chi connectivity index (χ1) is 11.7. The van der Waals surface area contributed by atoms with Gasteiger partial charge in [0.1, 0.15) is 0 Å². The van der Waals surface area contributed by atoms with E-state index in [1.165, 1.54) is 5.69 Å². The van der Waals surface area contributed by atoms with E-state index in [1.54, 1.807) is 6.20 Å².